The maximum Gasteiger partial charge on any atom is 0.164 e. The summed E-state index contributed by atoms with van der Waals surface area (Å²) in [5, 5.41) is 9.22. The van der Waals surface area contributed by atoms with Gasteiger partial charge in [0.2, 0.25) is 0 Å². The third kappa shape index (κ3) is 5.90. The lowest BCUT2D eigenvalue weighted by Gasteiger charge is -2.15. The standard InChI is InChI=1S/C59H36N4O/c1-3-15-39(16-4-1)48-35-50-55(36-53(48)63-51-24-12-11-22-46(51)49-33-43-20-9-10-21-44(43)34-52(49)63)64-54-25-13-23-47(56(50)54)59-61-57(40-17-5-2-6-18-40)60-58(62-59)41-29-26-38(27-30-41)45-31-28-37-14-7-8-19-42(37)32-45/h1-36H. The highest BCUT2D eigenvalue weighted by Crippen LogP contribution is 2.44. The first-order valence-electron chi connectivity index (χ1n) is 21.6. The third-order valence-corrected chi connectivity index (χ3v) is 12.6. The van der Waals surface area contributed by atoms with Crippen LogP contribution in [-0.4, -0.2) is 19.5 Å². The van der Waals surface area contributed by atoms with E-state index in [9.17, 15) is 0 Å². The van der Waals surface area contributed by atoms with Gasteiger partial charge < -0.3 is 8.98 Å². The second-order valence-corrected chi connectivity index (χ2v) is 16.4. The maximum atomic E-state index is 6.87. The van der Waals surface area contributed by atoms with Gasteiger partial charge in [0.15, 0.2) is 17.5 Å². The highest BCUT2D eigenvalue weighted by Gasteiger charge is 2.22. The fourth-order valence-corrected chi connectivity index (χ4v) is 9.52. The van der Waals surface area contributed by atoms with Crippen LogP contribution in [0.15, 0.2) is 223 Å². The molecule has 3 heterocycles. The van der Waals surface area contributed by atoms with E-state index < -0.39 is 0 Å². The zero-order valence-corrected chi connectivity index (χ0v) is 34.5. The van der Waals surface area contributed by atoms with E-state index in [1.54, 1.807) is 0 Å². The first-order valence-corrected chi connectivity index (χ1v) is 21.6. The molecule has 0 spiro atoms. The van der Waals surface area contributed by atoms with Gasteiger partial charge in [-0.2, -0.15) is 0 Å². The van der Waals surface area contributed by atoms with Crippen LogP contribution >= 0.6 is 0 Å². The molecular formula is C59H36N4O. The van der Waals surface area contributed by atoms with Crippen molar-refractivity contribution >= 4 is 65.3 Å². The second-order valence-electron chi connectivity index (χ2n) is 16.4. The molecule has 5 heteroatoms. The van der Waals surface area contributed by atoms with Crippen LogP contribution in [0.2, 0.25) is 0 Å². The van der Waals surface area contributed by atoms with E-state index >= 15 is 0 Å². The normalized spacial score (nSPS) is 11.8. The second kappa shape index (κ2) is 14.5. The van der Waals surface area contributed by atoms with Crippen LogP contribution in [0.3, 0.4) is 0 Å². The minimum atomic E-state index is 0.579. The minimum Gasteiger partial charge on any atom is -0.456 e. The third-order valence-electron chi connectivity index (χ3n) is 12.6. The van der Waals surface area contributed by atoms with Crippen molar-refractivity contribution < 1.29 is 4.42 Å². The summed E-state index contributed by atoms with van der Waals surface area (Å²) in [5.74, 6) is 1.79. The number of hydrogen-bond acceptors (Lipinski definition) is 4. The van der Waals surface area contributed by atoms with Gasteiger partial charge in [0.05, 0.1) is 16.7 Å². The Bertz CT molecular complexity index is 3940. The van der Waals surface area contributed by atoms with E-state index in [0.29, 0.717) is 17.5 Å². The average Bonchev–Trinajstić information content (AvgIpc) is 3.90. The van der Waals surface area contributed by atoms with Crippen molar-refractivity contribution in [2.75, 3.05) is 0 Å². The molecule has 0 bridgehead atoms. The predicted molar refractivity (Wildman–Crippen MR) is 264 cm³/mol. The fraction of sp³-hybridized carbons (Fsp3) is 0. The van der Waals surface area contributed by atoms with Crippen LogP contribution in [0, 0.1) is 0 Å². The topological polar surface area (TPSA) is 56.7 Å². The molecule has 0 aliphatic carbocycles. The molecule has 0 aliphatic heterocycles. The van der Waals surface area contributed by atoms with Crippen LogP contribution in [0.25, 0.3) is 127 Å². The van der Waals surface area contributed by atoms with Crippen molar-refractivity contribution in [3.63, 3.8) is 0 Å². The van der Waals surface area contributed by atoms with Gasteiger partial charge in [-0.1, -0.05) is 176 Å². The minimum absolute atomic E-state index is 0.579. The van der Waals surface area contributed by atoms with Crippen LogP contribution in [0.4, 0.5) is 0 Å². The Morgan fingerprint density at radius 3 is 1.67 bits per heavy atom. The molecule has 13 aromatic rings. The fourth-order valence-electron chi connectivity index (χ4n) is 9.52. The summed E-state index contributed by atoms with van der Waals surface area (Å²) in [4.78, 5) is 15.5. The Kier molecular flexibility index (Phi) is 8.15. The number of para-hydroxylation sites is 1. The summed E-state index contributed by atoms with van der Waals surface area (Å²) in [6.07, 6.45) is 0. The van der Waals surface area contributed by atoms with Gasteiger partial charge >= 0.3 is 0 Å². The molecule has 0 aliphatic rings. The quantitative estimate of drug-likeness (QED) is 0.168. The van der Waals surface area contributed by atoms with E-state index in [1.807, 2.05) is 42.5 Å². The van der Waals surface area contributed by atoms with Crippen LogP contribution in [0.5, 0.6) is 0 Å². The number of aromatic nitrogens is 4. The molecule has 0 saturated carbocycles. The summed E-state index contributed by atoms with van der Waals surface area (Å²) in [6.45, 7) is 0. The van der Waals surface area contributed by atoms with Gasteiger partial charge in [-0.25, -0.2) is 15.0 Å². The Labute approximate surface area is 368 Å². The molecule has 5 nitrogen and oxygen atoms in total. The highest BCUT2D eigenvalue weighted by atomic mass is 16.3. The zero-order chi connectivity index (χ0) is 42.1. The molecular weight excluding hydrogens is 781 g/mol. The summed E-state index contributed by atoms with van der Waals surface area (Å²) >= 11 is 0. The number of furan rings is 1. The maximum absolute atomic E-state index is 6.87. The van der Waals surface area contributed by atoms with Gasteiger partial charge in [0.1, 0.15) is 11.2 Å². The molecule has 64 heavy (non-hydrogen) atoms. The first kappa shape index (κ1) is 36.0. The van der Waals surface area contributed by atoms with Gasteiger partial charge in [0, 0.05) is 49.9 Å². The van der Waals surface area contributed by atoms with Gasteiger partial charge in [-0.3, -0.25) is 0 Å². The van der Waals surface area contributed by atoms with Crippen molar-refractivity contribution in [2.45, 2.75) is 0 Å². The molecule has 0 fully saturated rings. The summed E-state index contributed by atoms with van der Waals surface area (Å²) < 4.78 is 9.27. The number of benzene rings is 10. The van der Waals surface area contributed by atoms with E-state index in [-0.39, 0.29) is 0 Å². The Hall–Kier alpha value is -8.67. The number of nitrogens with zero attached hydrogens (tertiary/aromatic N) is 4. The van der Waals surface area contributed by atoms with E-state index in [2.05, 4.69) is 180 Å². The van der Waals surface area contributed by atoms with Gasteiger partial charge in [-0.15, -0.1) is 0 Å². The largest absolute Gasteiger partial charge is 0.456 e. The molecule has 0 unspecified atom stereocenters. The molecule has 0 saturated heterocycles. The van der Waals surface area contributed by atoms with Crippen molar-refractivity contribution in [3.8, 4) is 62.1 Å². The average molecular weight is 817 g/mol. The van der Waals surface area contributed by atoms with Crippen molar-refractivity contribution in [3.05, 3.63) is 218 Å². The van der Waals surface area contributed by atoms with Crippen LogP contribution < -0.4 is 0 Å². The summed E-state index contributed by atoms with van der Waals surface area (Å²) in [7, 11) is 0. The molecule has 10 aromatic carbocycles. The van der Waals surface area contributed by atoms with Crippen molar-refractivity contribution in [2.24, 2.45) is 0 Å². The molecule has 0 radical (unpaired) electrons. The van der Waals surface area contributed by atoms with Gasteiger partial charge in [-0.05, 0) is 74.6 Å². The van der Waals surface area contributed by atoms with E-state index in [4.69, 9.17) is 19.4 Å². The molecule has 0 N–H and O–H groups in total. The zero-order valence-electron chi connectivity index (χ0n) is 34.5. The van der Waals surface area contributed by atoms with Crippen molar-refractivity contribution in [1.29, 1.82) is 0 Å². The lowest BCUT2D eigenvalue weighted by atomic mass is 9.98. The summed E-state index contributed by atoms with van der Waals surface area (Å²) in [5.41, 5.74) is 12.1. The Morgan fingerprint density at radius 2 is 0.906 bits per heavy atom. The highest BCUT2D eigenvalue weighted by molar-refractivity contribution is 6.16. The predicted octanol–water partition coefficient (Wildman–Crippen LogP) is 15.5. The van der Waals surface area contributed by atoms with Crippen molar-refractivity contribution in [1.82, 2.24) is 19.5 Å². The Morgan fingerprint density at radius 1 is 0.312 bits per heavy atom. The first-order chi connectivity index (χ1) is 31.7. The molecule has 0 amide bonds. The van der Waals surface area contributed by atoms with Gasteiger partial charge in [0.25, 0.3) is 0 Å². The van der Waals surface area contributed by atoms with E-state index in [0.717, 1.165) is 77.6 Å². The van der Waals surface area contributed by atoms with E-state index in [1.165, 1.54) is 32.3 Å². The Balaban J connectivity index is 1.02. The van der Waals surface area contributed by atoms with Crippen LogP contribution in [0.1, 0.15) is 0 Å². The molecule has 3 aromatic heterocycles. The molecule has 0 atom stereocenters. The lowest BCUT2D eigenvalue weighted by Crippen LogP contribution is -2.00. The molecule has 298 valence electrons. The number of hydrogen-bond donors (Lipinski definition) is 0. The number of rotatable bonds is 6. The lowest BCUT2D eigenvalue weighted by molar-refractivity contribution is 0.668. The molecule has 13 rings (SSSR count). The number of fused-ring (bicyclic) bond motifs is 8. The summed E-state index contributed by atoms with van der Waals surface area (Å²) in [6, 6.07) is 77.0. The monoisotopic (exact) mass is 816 g/mol. The SMILES string of the molecule is c1ccc(-c2nc(-c3ccc(-c4ccc5ccccc5c4)cc3)nc(-c3cccc4oc5cc(-n6c7ccccc7c7cc8ccccc8cc76)c(-c6ccccc6)cc5c34)n2)cc1. The van der Waals surface area contributed by atoms with Crippen LogP contribution in [-0.2, 0) is 0 Å². The smallest absolute Gasteiger partial charge is 0.164 e.